The minimum atomic E-state index is -0.474. The van der Waals surface area contributed by atoms with E-state index >= 15 is 0 Å². The number of rotatable bonds is 9. The Hall–Kier alpha value is -3.18. The van der Waals surface area contributed by atoms with E-state index in [4.69, 9.17) is 4.74 Å². The zero-order chi connectivity index (χ0) is 21.3. The van der Waals surface area contributed by atoms with Crippen molar-refractivity contribution < 1.29 is 19.0 Å². The van der Waals surface area contributed by atoms with Crippen LogP contribution in [0.1, 0.15) is 40.7 Å². The lowest BCUT2D eigenvalue weighted by Gasteiger charge is -2.20. The van der Waals surface area contributed by atoms with Gasteiger partial charge in [-0.25, -0.2) is 4.39 Å². The third-order valence-electron chi connectivity index (χ3n) is 4.84. The molecule has 0 heterocycles. The molecule has 0 spiro atoms. The summed E-state index contributed by atoms with van der Waals surface area (Å²) in [6.07, 6.45) is 0.0749. The number of hydrogen-bond donors (Lipinski definition) is 2. The van der Waals surface area contributed by atoms with E-state index in [0.717, 1.165) is 11.1 Å². The Morgan fingerprint density at radius 3 is 2.37 bits per heavy atom. The fourth-order valence-corrected chi connectivity index (χ4v) is 3.31. The van der Waals surface area contributed by atoms with E-state index in [1.165, 1.54) is 12.1 Å². The molecule has 5 heteroatoms. The molecule has 0 bridgehead atoms. The van der Waals surface area contributed by atoms with E-state index in [1.807, 2.05) is 30.3 Å². The third kappa shape index (κ3) is 6.16. The number of amides is 1. The van der Waals surface area contributed by atoms with Gasteiger partial charge in [-0.05, 0) is 48.7 Å². The molecule has 3 rings (SSSR count). The highest BCUT2D eigenvalue weighted by Crippen LogP contribution is 2.22. The molecule has 0 aromatic heterocycles. The number of aliphatic hydroxyl groups is 1. The molecule has 30 heavy (non-hydrogen) atoms. The topological polar surface area (TPSA) is 58.6 Å². The summed E-state index contributed by atoms with van der Waals surface area (Å²) in [7, 11) is 0. The minimum Gasteiger partial charge on any atom is -0.488 e. The molecule has 0 aliphatic carbocycles. The van der Waals surface area contributed by atoms with Crippen molar-refractivity contribution in [3.63, 3.8) is 0 Å². The number of carbonyl (C=O) groups excluding carboxylic acids is 1. The van der Waals surface area contributed by atoms with E-state index in [0.29, 0.717) is 24.3 Å². The number of hydrogen-bond acceptors (Lipinski definition) is 3. The van der Waals surface area contributed by atoms with Crippen molar-refractivity contribution in [3.8, 4) is 5.75 Å². The van der Waals surface area contributed by atoms with Crippen LogP contribution in [0.25, 0.3) is 0 Å². The van der Waals surface area contributed by atoms with Crippen LogP contribution in [0.4, 0.5) is 4.39 Å². The van der Waals surface area contributed by atoms with Crippen molar-refractivity contribution in [2.24, 2.45) is 0 Å². The fourth-order valence-electron chi connectivity index (χ4n) is 3.31. The van der Waals surface area contributed by atoms with Crippen LogP contribution in [-0.4, -0.2) is 23.7 Å². The van der Waals surface area contributed by atoms with Gasteiger partial charge in [0.25, 0.3) is 5.91 Å². The standard InChI is InChI=1S/C25H26FNO3/c1-18(28)15-21(20-7-3-2-4-8-20)16-27-25(29)23-9-5-6-10-24(23)30-17-19-11-13-22(26)14-12-19/h2-14,18,21,28H,15-17H2,1H3,(H,27,29). The molecule has 0 aliphatic heterocycles. The summed E-state index contributed by atoms with van der Waals surface area (Å²) in [5.41, 5.74) is 2.32. The molecule has 1 amide bonds. The first-order valence-corrected chi connectivity index (χ1v) is 10.0. The first-order chi connectivity index (χ1) is 14.5. The van der Waals surface area contributed by atoms with E-state index in [9.17, 15) is 14.3 Å². The number of carbonyl (C=O) groups is 1. The van der Waals surface area contributed by atoms with E-state index in [-0.39, 0.29) is 24.2 Å². The normalized spacial score (nSPS) is 12.8. The van der Waals surface area contributed by atoms with Crippen molar-refractivity contribution in [2.45, 2.75) is 32.0 Å². The lowest BCUT2D eigenvalue weighted by Crippen LogP contribution is -2.30. The summed E-state index contributed by atoms with van der Waals surface area (Å²) in [5, 5.41) is 12.8. The first-order valence-electron chi connectivity index (χ1n) is 10.0. The summed E-state index contributed by atoms with van der Waals surface area (Å²) in [5.74, 6) is -0.0755. The molecule has 3 aromatic carbocycles. The second kappa shape index (κ2) is 10.6. The van der Waals surface area contributed by atoms with Gasteiger partial charge in [0, 0.05) is 12.5 Å². The summed E-state index contributed by atoms with van der Waals surface area (Å²) in [4.78, 5) is 12.8. The molecular weight excluding hydrogens is 381 g/mol. The molecular formula is C25H26FNO3. The molecule has 2 atom stereocenters. The Morgan fingerprint density at radius 2 is 1.67 bits per heavy atom. The first kappa shape index (κ1) is 21.5. The largest absolute Gasteiger partial charge is 0.488 e. The van der Waals surface area contributed by atoms with Crippen molar-refractivity contribution >= 4 is 5.91 Å². The lowest BCUT2D eigenvalue weighted by molar-refractivity contribution is 0.0941. The van der Waals surface area contributed by atoms with Crippen LogP contribution in [0, 0.1) is 5.82 Å². The summed E-state index contributed by atoms with van der Waals surface area (Å²) in [6.45, 7) is 2.38. The predicted octanol–water partition coefficient (Wildman–Crippen LogP) is 4.69. The quantitative estimate of drug-likeness (QED) is 0.541. The molecule has 3 aromatic rings. The maximum absolute atomic E-state index is 13.1. The van der Waals surface area contributed by atoms with Gasteiger partial charge in [0.2, 0.25) is 0 Å². The lowest BCUT2D eigenvalue weighted by atomic mass is 9.93. The summed E-state index contributed by atoms with van der Waals surface area (Å²) < 4.78 is 18.9. The van der Waals surface area contributed by atoms with Crippen LogP contribution in [0.5, 0.6) is 5.75 Å². The molecule has 2 unspecified atom stereocenters. The second-order valence-electron chi connectivity index (χ2n) is 7.31. The Bertz CT molecular complexity index is 942. The maximum atomic E-state index is 13.1. The highest BCUT2D eigenvalue weighted by Gasteiger charge is 2.18. The van der Waals surface area contributed by atoms with Gasteiger partial charge in [0.05, 0.1) is 11.7 Å². The van der Waals surface area contributed by atoms with E-state index < -0.39 is 6.10 Å². The molecule has 0 saturated heterocycles. The van der Waals surface area contributed by atoms with Crippen molar-refractivity contribution in [3.05, 3.63) is 101 Å². The Balaban J connectivity index is 1.66. The smallest absolute Gasteiger partial charge is 0.255 e. The van der Waals surface area contributed by atoms with Gasteiger partial charge in [-0.1, -0.05) is 54.6 Å². The number of nitrogens with one attached hydrogen (secondary N) is 1. The molecule has 0 aliphatic rings. The summed E-state index contributed by atoms with van der Waals surface area (Å²) >= 11 is 0. The zero-order valence-corrected chi connectivity index (χ0v) is 16.9. The van der Waals surface area contributed by atoms with Gasteiger partial charge < -0.3 is 15.2 Å². The summed E-state index contributed by atoms with van der Waals surface area (Å²) in [6, 6.07) is 22.9. The molecule has 156 valence electrons. The minimum absolute atomic E-state index is 0.00226. The highest BCUT2D eigenvalue weighted by atomic mass is 19.1. The zero-order valence-electron chi connectivity index (χ0n) is 16.9. The van der Waals surface area contributed by atoms with Gasteiger partial charge in [-0.2, -0.15) is 0 Å². The van der Waals surface area contributed by atoms with E-state index in [2.05, 4.69) is 5.32 Å². The monoisotopic (exact) mass is 407 g/mol. The van der Waals surface area contributed by atoms with Crippen molar-refractivity contribution in [1.29, 1.82) is 0 Å². The SMILES string of the molecule is CC(O)CC(CNC(=O)c1ccccc1OCc1ccc(F)cc1)c1ccccc1. The molecule has 4 nitrogen and oxygen atoms in total. The average molecular weight is 407 g/mol. The van der Waals surface area contributed by atoms with Crippen LogP contribution in [0.15, 0.2) is 78.9 Å². The Kier molecular flexibility index (Phi) is 7.57. The van der Waals surface area contributed by atoms with Gasteiger partial charge in [0.15, 0.2) is 0 Å². The van der Waals surface area contributed by atoms with Crippen LogP contribution in [0.3, 0.4) is 0 Å². The van der Waals surface area contributed by atoms with Crippen LogP contribution in [-0.2, 0) is 6.61 Å². The Morgan fingerprint density at radius 1 is 1.00 bits per heavy atom. The van der Waals surface area contributed by atoms with Gasteiger partial charge >= 0.3 is 0 Å². The van der Waals surface area contributed by atoms with Gasteiger partial charge in [-0.3, -0.25) is 4.79 Å². The molecule has 0 radical (unpaired) electrons. The van der Waals surface area contributed by atoms with Crippen molar-refractivity contribution in [1.82, 2.24) is 5.32 Å². The number of benzene rings is 3. The van der Waals surface area contributed by atoms with Crippen LogP contribution in [0.2, 0.25) is 0 Å². The number of ether oxygens (including phenoxy) is 1. The molecule has 0 fully saturated rings. The van der Waals surface area contributed by atoms with Gasteiger partial charge in [-0.15, -0.1) is 0 Å². The van der Waals surface area contributed by atoms with Crippen LogP contribution < -0.4 is 10.1 Å². The highest BCUT2D eigenvalue weighted by molar-refractivity contribution is 5.96. The number of aliphatic hydroxyl groups excluding tert-OH is 1. The van der Waals surface area contributed by atoms with E-state index in [1.54, 1.807) is 43.3 Å². The Labute approximate surface area is 176 Å². The fraction of sp³-hybridized carbons (Fsp3) is 0.240. The maximum Gasteiger partial charge on any atom is 0.255 e. The number of para-hydroxylation sites is 1. The van der Waals surface area contributed by atoms with Crippen LogP contribution >= 0.6 is 0 Å². The second-order valence-corrected chi connectivity index (χ2v) is 7.31. The number of halogens is 1. The molecule has 0 saturated carbocycles. The third-order valence-corrected chi connectivity index (χ3v) is 4.84. The molecule has 2 N–H and O–H groups in total. The van der Waals surface area contributed by atoms with Gasteiger partial charge in [0.1, 0.15) is 18.2 Å². The predicted molar refractivity (Wildman–Crippen MR) is 115 cm³/mol. The average Bonchev–Trinajstić information content (AvgIpc) is 2.76. The van der Waals surface area contributed by atoms with Crippen molar-refractivity contribution in [2.75, 3.05) is 6.54 Å².